The van der Waals surface area contributed by atoms with Gasteiger partial charge in [0.05, 0.1) is 23.8 Å². The van der Waals surface area contributed by atoms with E-state index in [9.17, 15) is 4.79 Å². The molecule has 1 aliphatic heterocycles. The van der Waals surface area contributed by atoms with Crippen LogP contribution in [0.15, 0.2) is 29.9 Å². The highest BCUT2D eigenvalue weighted by Gasteiger charge is 2.22. The number of anilines is 2. The maximum Gasteiger partial charge on any atom is 0.339 e. The molecule has 3 aromatic heterocycles. The third kappa shape index (κ3) is 2.96. The lowest BCUT2D eigenvalue weighted by Gasteiger charge is -2.36. The number of fused-ring (bicyclic) bond motifs is 1. The van der Waals surface area contributed by atoms with Gasteiger partial charge < -0.3 is 14.5 Å². The molecule has 4 rings (SSSR count). The number of thiophene rings is 1. The molecule has 0 bridgehead atoms. The molecule has 0 aromatic carbocycles. The van der Waals surface area contributed by atoms with Crippen molar-refractivity contribution in [3.63, 3.8) is 0 Å². The van der Waals surface area contributed by atoms with Crippen LogP contribution in [0, 0.1) is 6.92 Å². The summed E-state index contributed by atoms with van der Waals surface area (Å²) >= 11 is 1.63. The summed E-state index contributed by atoms with van der Waals surface area (Å²) in [6.45, 7) is 5.25. The molecule has 0 atom stereocenters. The molecular formula is C18H19N5O2S. The molecule has 0 radical (unpaired) electrons. The van der Waals surface area contributed by atoms with E-state index in [1.807, 2.05) is 13.0 Å². The Balaban J connectivity index is 1.49. The van der Waals surface area contributed by atoms with E-state index in [4.69, 9.17) is 4.74 Å². The SMILES string of the molecule is COC(=O)c1ccc(N2CCN(c3ncnc4sccc34)CC2)nc1C. The van der Waals surface area contributed by atoms with Crippen LogP contribution in [0.3, 0.4) is 0 Å². The summed E-state index contributed by atoms with van der Waals surface area (Å²) in [5, 5.41) is 3.16. The fraction of sp³-hybridized carbons (Fsp3) is 0.333. The van der Waals surface area contributed by atoms with Gasteiger partial charge in [-0.3, -0.25) is 0 Å². The molecule has 0 N–H and O–H groups in total. The maximum absolute atomic E-state index is 11.7. The van der Waals surface area contributed by atoms with Crippen molar-refractivity contribution in [1.29, 1.82) is 0 Å². The standard InChI is InChI=1S/C18H19N5O2S/c1-12-13(18(24)25-2)3-4-15(21-12)22-6-8-23(9-7-22)16-14-5-10-26-17(14)20-11-19-16/h3-5,10-11H,6-9H2,1-2H3. The molecule has 0 saturated carbocycles. The number of aryl methyl sites for hydroxylation is 1. The Morgan fingerprint density at radius 2 is 1.88 bits per heavy atom. The second-order valence-electron chi connectivity index (χ2n) is 6.10. The Kier molecular flexibility index (Phi) is 4.42. The number of carbonyl (C=O) groups excluding carboxylic acids is 1. The monoisotopic (exact) mass is 369 g/mol. The van der Waals surface area contributed by atoms with E-state index in [0.717, 1.165) is 48.0 Å². The lowest BCUT2D eigenvalue weighted by atomic mass is 10.2. The van der Waals surface area contributed by atoms with Crippen LogP contribution >= 0.6 is 11.3 Å². The quantitative estimate of drug-likeness (QED) is 0.657. The first-order chi connectivity index (χ1) is 12.7. The molecule has 1 saturated heterocycles. The predicted molar refractivity (Wildman–Crippen MR) is 102 cm³/mol. The van der Waals surface area contributed by atoms with Crippen LogP contribution in [0.2, 0.25) is 0 Å². The molecule has 0 unspecified atom stereocenters. The number of hydrogen-bond acceptors (Lipinski definition) is 8. The van der Waals surface area contributed by atoms with Crippen molar-refractivity contribution >= 4 is 39.2 Å². The molecular weight excluding hydrogens is 350 g/mol. The van der Waals surface area contributed by atoms with Crippen molar-refractivity contribution in [1.82, 2.24) is 15.0 Å². The lowest BCUT2D eigenvalue weighted by Crippen LogP contribution is -2.47. The fourth-order valence-electron chi connectivity index (χ4n) is 3.23. The smallest absolute Gasteiger partial charge is 0.339 e. The number of esters is 1. The minimum Gasteiger partial charge on any atom is -0.465 e. The van der Waals surface area contributed by atoms with E-state index in [-0.39, 0.29) is 5.97 Å². The van der Waals surface area contributed by atoms with E-state index in [2.05, 4.69) is 36.2 Å². The van der Waals surface area contributed by atoms with Crippen LogP contribution in [-0.4, -0.2) is 54.2 Å². The number of rotatable bonds is 3. The van der Waals surface area contributed by atoms with E-state index >= 15 is 0 Å². The van der Waals surface area contributed by atoms with E-state index in [1.165, 1.54) is 7.11 Å². The Morgan fingerprint density at radius 1 is 1.12 bits per heavy atom. The van der Waals surface area contributed by atoms with Crippen molar-refractivity contribution in [3.05, 3.63) is 41.2 Å². The van der Waals surface area contributed by atoms with Crippen LogP contribution in [0.5, 0.6) is 0 Å². The van der Waals surface area contributed by atoms with Crippen molar-refractivity contribution in [3.8, 4) is 0 Å². The molecule has 3 aromatic rings. The lowest BCUT2D eigenvalue weighted by molar-refractivity contribution is 0.0599. The minimum atomic E-state index is -0.352. The molecule has 4 heterocycles. The van der Waals surface area contributed by atoms with Gasteiger partial charge in [-0.15, -0.1) is 11.3 Å². The summed E-state index contributed by atoms with van der Waals surface area (Å²) in [5.41, 5.74) is 1.20. The second kappa shape index (κ2) is 6.87. The number of aromatic nitrogens is 3. The first kappa shape index (κ1) is 16.7. The number of methoxy groups -OCH3 is 1. The first-order valence-electron chi connectivity index (χ1n) is 8.41. The molecule has 26 heavy (non-hydrogen) atoms. The third-order valence-electron chi connectivity index (χ3n) is 4.62. The van der Waals surface area contributed by atoms with Crippen LogP contribution in [0.1, 0.15) is 16.1 Å². The fourth-order valence-corrected chi connectivity index (χ4v) is 3.95. The van der Waals surface area contributed by atoms with Gasteiger partial charge in [-0.1, -0.05) is 0 Å². The average molecular weight is 369 g/mol. The zero-order chi connectivity index (χ0) is 18.1. The van der Waals surface area contributed by atoms with Crippen LogP contribution in [-0.2, 0) is 4.74 Å². The largest absolute Gasteiger partial charge is 0.465 e. The van der Waals surface area contributed by atoms with Gasteiger partial charge in [0, 0.05) is 26.2 Å². The number of carbonyl (C=O) groups is 1. The molecule has 134 valence electrons. The summed E-state index contributed by atoms with van der Waals surface area (Å²) in [6, 6.07) is 5.75. The van der Waals surface area contributed by atoms with Gasteiger partial charge in [-0.2, -0.15) is 0 Å². The van der Waals surface area contributed by atoms with Crippen LogP contribution < -0.4 is 9.80 Å². The summed E-state index contributed by atoms with van der Waals surface area (Å²) in [5.74, 6) is 1.54. The zero-order valence-corrected chi connectivity index (χ0v) is 15.5. The topological polar surface area (TPSA) is 71.5 Å². The summed E-state index contributed by atoms with van der Waals surface area (Å²) in [7, 11) is 1.38. The predicted octanol–water partition coefficient (Wildman–Crippen LogP) is 2.51. The zero-order valence-electron chi connectivity index (χ0n) is 14.7. The Labute approximate surface area is 155 Å². The van der Waals surface area contributed by atoms with Crippen molar-refractivity contribution < 1.29 is 9.53 Å². The van der Waals surface area contributed by atoms with Gasteiger partial charge in [-0.25, -0.2) is 19.7 Å². The number of nitrogens with zero attached hydrogens (tertiary/aromatic N) is 5. The molecule has 0 aliphatic carbocycles. The average Bonchev–Trinajstić information content (AvgIpc) is 3.16. The van der Waals surface area contributed by atoms with Crippen molar-refractivity contribution in [2.45, 2.75) is 6.92 Å². The third-order valence-corrected chi connectivity index (χ3v) is 5.44. The molecule has 1 aliphatic rings. The first-order valence-corrected chi connectivity index (χ1v) is 9.29. The Hall–Kier alpha value is -2.74. The van der Waals surface area contributed by atoms with Crippen LogP contribution in [0.25, 0.3) is 10.2 Å². The number of hydrogen-bond donors (Lipinski definition) is 0. The Morgan fingerprint density at radius 3 is 2.62 bits per heavy atom. The van der Waals surface area contributed by atoms with Gasteiger partial charge in [0.2, 0.25) is 0 Å². The molecule has 8 heteroatoms. The summed E-state index contributed by atoms with van der Waals surface area (Å²) < 4.78 is 4.78. The number of piperazine rings is 1. The second-order valence-corrected chi connectivity index (χ2v) is 7.00. The highest BCUT2D eigenvalue weighted by Crippen LogP contribution is 2.28. The van der Waals surface area contributed by atoms with E-state index in [0.29, 0.717) is 11.3 Å². The highest BCUT2D eigenvalue weighted by atomic mass is 32.1. The van der Waals surface area contributed by atoms with Gasteiger partial charge >= 0.3 is 5.97 Å². The molecule has 7 nitrogen and oxygen atoms in total. The van der Waals surface area contributed by atoms with Gasteiger partial charge in [0.15, 0.2) is 0 Å². The molecule has 0 spiro atoms. The van der Waals surface area contributed by atoms with Gasteiger partial charge in [0.25, 0.3) is 0 Å². The maximum atomic E-state index is 11.7. The van der Waals surface area contributed by atoms with Gasteiger partial charge in [0.1, 0.15) is 22.8 Å². The molecule has 1 fully saturated rings. The van der Waals surface area contributed by atoms with Crippen molar-refractivity contribution in [2.75, 3.05) is 43.1 Å². The molecule has 0 amide bonds. The van der Waals surface area contributed by atoms with Crippen molar-refractivity contribution in [2.24, 2.45) is 0 Å². The van der Waals surface area contributed by atoms with Gasteiger partial charge in [-0.05, 0) is 30.5 Å². The Bertz CT molecular complexity index is 950. The minimum absolute atomic E-state index is 0.352. The summed E-state index contributed by atoms with van der Waals surface area (Å²) in [6.07, 6.45) is 1.64. The summed E-state index contributed by atoms with van der Waals surface area (Å²) in [4.78, 5) is 30.7. The number of ether oxygens (including phenoxy) is 1. The highest BCUT2D eigenvalue weighted by molar-refractivity contribution is 7.16. The number of pyridine rings is 1. The van der Waals surface area contributed by atoms with Crippen LogP contribution in [0.4, 0.5) is 11.6 Å². The van der Waals surface area contributed by atoms with E-state index in [1.54, 1.807) is 23.7 Å². The normalized spacial score (nSPS) is 14.7. The van der Waals surface area contributed by atoms with E-state index < -0.39 is 0 Å².